The van der Waals surface area contributed by atoms with Gasteiger partial charge in [-0.05, 0) is 60.5 Å². The normalized spacial score (nSPS) is 13.5. The van der Waals surface area contributed by atoms with Crippen LogP contribution in [0.2, 0.25) is 0 Å². The van der Waals surface area contributed by atoms with Gasteiger partial charge in [-0.1, -0.05) is 83.4 Å². The Hall–Kier alpha value is -1.80. The Bertz CT molecular complexity index is 762. The number of rotatable bonds is 7. The van der Waals surface area contributed by atoms with Crippen LogP contribution in [0.15, 0.2) is 54.3 Å². The van der Waals surface area contributed by atoms with Crippen LogP contribution in [0.3, 0.4) is 0 Å². The highest BCUT2D eigenvalue weighted by Crippen LogP contribution is 2.33. The van der Waals surface area contributed by atoms with Gasteiger partial charge in [0.15, 0.2) is 0 Å². The summed E-state index contributed by atoms with van der Waals surface area (Å²) in [6.45, 7) is 13.4. The Morgan fingerprint density at radius 3 is 2.48 bits per heavy atom. The van der Waals surface area contributed by atoms with Crippen molar-refractivity contribution in [3.8, 4) is 0 Å². The van der Waals surface area contributed by atoms with E-state index >= 15 is 0 Å². The molecule has 1 aromatic carbocycles. The summed E-state index contributed by atoms with van der Waals surface area (Å²) in [6, 6.07) is 8.99. The van der Waals surface area contributed by atoms with E-state index in [1.54, 1.807) is 6.20 Å². The fraction of sp³-hybridized carbons (Fsp3) is 0.440. The molecule has 0 amide bonds. The van der Waals surface area contributed by atoms with E-state index in [2.05, 4.69) is 78.0 Å². The number of benzene rings is 1. The van der Waals surface area contributed by atoms with Crippen molar-refractivity contribution in [2.45, 2.75) is 66.7 Å². The quantitative estimate of drug-likeness (QED) is 0.478. The van der Waals surface area contributed by atoms with Crippen molar-refractivity contribution in [2.75, 3.05) is 0 Å². The van der Waals surface area contributed by atoms with E-state index in [4.69, 9.17) is 5.73 Å². The first-order chi connectivity index (χ1) is 12.9. The second-order valence-corrected chi connectivity index (χ2v) is 8.55. The molecule has 1 heterocycles. The topological polar surface area (TPSA) is 26.0 Å². The lowest BCUT2D eigenvalue weighted by molar-refractivity contribution is 0.698. The minimum Gasteiger partial charge on any atom is -0.405 e. The maximum Gasteiger partial charge on any atom is 0.0383 e. The molecule has 0 aliphatic heterocycles. The standard InChI is InChI=1S/C17H22S.C8H15N/c1-5-7-13(4)10-15-11-14-8-6-9-16(12(2)3)17(14)18-15;1-3-8(2)6-4-5-7-9/h6,8-12H,5,7H2,1-4H3;4-8H,3,9H2,1-2H3/b13-10-;6-4-,7-5-. The largest absolute Gasteiger partial charge is 0.405 e. The van der Waals surface area contributed by atoms with Crippen LogP contribution in [-0.2, 0) is 0 Å². The number of fused-ring (bicyclic) bond motifs is 1. The fourth-order valence-electron chi connectivity index (χ4n) is 2.79. The number of nitrogens with two attached hydrogens (primary N) is 1. The second-order valence-electron chi connectivity index (χ2n) is 7.47. The van der Waals surface area contributed by atoms with E-state index in [9.17, 15) is 0 Å². The van der Waals surface area contributed by atoms with E-state index < -0.39 is 0 Å². The van der Waals surface area contributed by atoms with Crippen LogP contribution in [0, 0.1) is 5.92 Å². The molecule has 2 N–H and O–H groups in total. The van der Waals surface area contributed by atoms with Crippen molar-refractivity contribution < 1.29 is 0 Å². The smallest absolute Gasteiger partial charge is 0.0383 e. The SMILES string of the molecule is CCC(C)/C=C\C=C/N.CCC/C(C)=C\c1cc2cccc(C(C)C)c2s1. The van der Waals surface area contributed by atoms with Gasteiger partial charge in [0.05, 0.1) is 0 Å². The molecule has 0 aliphatic carbocycles. The van der Waals surface area contributed by atoms with E-state index in [1.165, 1.54) is 45.4 Å². The van der Waals surface area contributed by atoms with Crippen LogP contribution in [0.4, 0.5) is 0 Å². The van der Waals surface area contributed by atoms with Crippen molar-refractivity contribution in [3.63, 3.8) is 0 Å². The van der Waals surface area contributed by atoms with Crippen LogP contribution in [-0.4, -0.2) is 0 Å². The molecule has 148 valence electrons. The zero-order valence-corrected chi connectivity index (χ0v) is 18.8. The molecule has 0 spiro atoms. The molecular weight excluding hydrogens is 346 g/mol. The minimum absolute atomic E-state index is 0.598. The molecule has 27 heavy (non-hydrogen) atoms. The van der Waals surface area contributed by atoms with Gasteiger partial charge in [0.1, 0.15) is 0 Å². The summed E-state index contributed by atoms with van der Waals surface area (Å²) in [4.78, 5) is 1.39. The molecular formula is C25H37NS. The molecule has 1 unspecified atom stereocenters. The number of allylic oxidation sites excluding steroid dienone is 4. The van der Waals surface area contributed by atoms with E-state index in [1.807, 2.05) is 23.5 Å². The van der Waals surface area contributed by atoms with Gasteiger partial charge in [-0.15, -0.1) is 11.3 Å². The Labute approximate surface area is 170 Å². The van der Waals surface area contributed by atoms with Gasteiger partial charge in [-0.2, -0.15) is 0 Å². The van der Waals surface area contributed by atoms with Gasteiger partial charge < -0.3 is 5.73 Å². The zero-order chi connectivity index (χ0) is 20.2. The summed E-state index contributed by atoms with van der Waals surface area (Å²) in [7, 11) is 0. The van der Waals surface area contributed by atoms with Crippen molar-refractivity contribution in [3.05, 3.63) is 64.7 Å². The monoisotopic (exact) mass is 383 g/mol. The van der Waals surface area contributed by atoms with Gasteiger partial charge >= 0.3 is 0 Å². The average Bonchev–Trinajstić information content (AvgIpc) is 3.04. The summed E-state index contributed by atoms with van der Waals surface area (Å²) in [5.74, 6) is 1.27. The van der Waals surface area contributed by atoms with Crippen LogP contribution in [0.1, 0.15) is 77.2 Å². The Kier molecular flexibility index (Phi) is 10.8. The zero-order valence-electron chi connectivity index (χ0n) is 18.0. The molecule has 0 saturated heterocycles. The predicted octanol–water partition coefficient (Wildman–Crippen LogP) is 8.29. The summed E-state index contributed by atoms with van der Waals surface area (Å²) in [5, 5.41) is 1.39. The molecule has 1 atom stereocenters. The minimum atomic E-state index is 0.598. The van der Waals surface area contributed by atoms with Crippen molar-refractivity contribution >= 4 is 27.5 Å². The third-order valence-corrected chi connectivity index (χ3v) is 5.70. The summed E-state index contributed by atoms with van der Waals surface area (Å²) in [5.41, 5.74) is 8.08. The fourth-order valence-corrected chi connectivity index (χ4v) is 4.14. The van der Waals surface area contributed by atoms with Gasteiger partial charge in [0.2, 0.25) is 0 Å². The predicted molar refractivity (Wildman–Crippen MR) is 126 cm³/mol. The number of hydrogen-bond acceptors (Lipinski definition) is 2. The van der Waals surface area contributed by atoms with Crippen molar-refractivity contribution in [1.29, 1.82) is 0 Å². The van der Waals surface area contributed by atoms with E-state index in [-0.39, 0.29) is 0 Å². The van der Waals surface area contributed by atoms with Crippen LogP contribution < -0.4 is 5.73 Å². The van der Waals surface area contributed by atoms with E-state index in [0.717, 1.165) is 0 Å². The van der Waals surface area contributed by atoms with Crippen LogP contribution >= 0.6 is 11.3 Å². The van der Waals surface area contributed by atoms with Crippen molar-refractivity contribution in [2.24, 2.45) is 11.7 Å². The lowest BCUT2D eigenvalue weighted by atomic mass is 10.0. The first kappa shape index (κ1) is 23.2. The molecule has 0 bridgehead atoms. The Morgan fingerprint density at radius 2 is 1.89 bits per heavy atom. The van der Waals surface area contributed by atoms with Crippen LogP contribution in [0.25, 0.3) is 16.2 Å². The maximum atomic E-state index is 5.12. The number of hydrogen-bond donors (Lipinski definition) is 1. The lowest BCUT2D eigenvalue weighted by Gasteiger charge is -2.05. The lowest BCUT2D eigenvalue weighted by Crippen LogP contribution is -1.85. The van der Waals surface area contributed by atoms with Gasteiger partial charge in [-0.25, -0.2) is 0 Å². The second kappa shape index (κ2) is 12.6. The summed E-state index contributed by atoms with van der Waals surface area (Å²) in [6.07, 6.45) is 13.5. The Morgan fingerprint density at radius 1 is 1.15 bits per heavy atom. The first-order valence-corrected chi connectivity index (χ1v) is 11.0. The molecule has 0 radical (unpaired) electrons. The summed E-state index contributed by atoms with van der Waals surface area (Å²) < 4.78 is 1.46. The van der Waals surface area contributed by atoms with Gasteiger partial charge in [0.25, 0.3) is 0 Å². The van der Waals surface area contributed by atoms with E-state index in [0.29, 0.717) is 11.8 Å². The third kappa shape index (κ3) is 8.17. The highest BCUT2D eigenvalue weighted by atomic mass is 32.1. The molecule has 0 fully saturated rings. The maximum absolute atomic E-state index is 5.12. The third-order valence-electron chi connectivity index (χ3n) is 4.55. The average molecular weight is 384 g/mol. The van der Waals surface area contributed by atoms with Crippen LogP contribution in [0.5, 0.6) is 0 Å². The van der Waals surface area contributed by atoms with Gasteiger partial charge in [-0.3, -0.25) is 0 Å². The molecule has 2 aromatic rings. The molecule has 0 aliphatic rings. The Balaban J connectivity index is 0.000000345. The van der Waals surface area contributed by atoms with Gasteiger partial charge in [0, 0.05) is 9.58 Å². The highest BCUT2D eigenvalue weighted by molar-refractivity contribution is 7.20. The highest BCUT2D eigenvalue weighted by Gasteiger charge is 2.08. The first-order valence-electron chi connectivity index (χ1n) is 10.2. The summed E-state index contributed by atoms with van der Waals surface area (Å²) >= 11 is 1.93. The molecule has 1 nitrogen and oxygen atoms in total. The molecule has 2 rings (SSSR count). The molecule has 1 aromatic heterocycles. The van der Waals surface area contributed by atoms with Crippen molar-refractivity contribution in [1.82, 2.24) is 0 Å². The molecule has 2 heteroatoms. The molecule has 0 saturated carbocycles. The number of thiophene rings is 1.